The predicted octanol–water partition coefficient (Wildman–Crippen LogP) is 3.85. The van der Waals surface area contributed by atoms with Crippen molar-refractivity contribution < 1.29 is 4.74 Å². The third-order valence-corrected chi connectivity index (χ3v) is 6.77. The molecule has 1 atom stereocenters. The van der Waals surface area contributed by atoms with Gasteiger partial charge in [0.05, 0.1) is 23.9 Å². The third-order valence-electron chi connectivity index (χ3n) is 6.77. The Balaban J connectivity index is 1.89. The first-order valence-corrected chi connectivity index (χ1v) is 11.9. The molecule has 2 heterocycles. The van der Waals surface area contributed by atoms with Crippen molar-refractivity contribution in [3.05, 3.63) is 134 Å². The average molecular weight is 468 g/mol. The summed E-state index contributed by atoms with van der Waals surface area (Å²) in [6, 6.07) is 28.8. The maximum absolute atomic E-state index is 13.0. The molecule has 5 rings (SSSR count). The first kappa shape index (κ1) is 23.0. The topological polar surface area (TPSA) is 67.3 Å². The van der Waals surface area contributed by atoms with Gasteiger partial charge in [-0.3, -0.25) is 19.2 Å². The lowest BCUT2D eigenvalue weighted by molar-refractivity contribution is -0.0451. The Morgan fingerprint density at radius 2 is 1.49 bits per heavy atom. The fourth-order valence-electron chi connectivity index (χ4n) is 5.23. The molecule has 1 N–H and O–H groups in total. The predicted molar refractivity (Wildman–Crippen MR) is 137 cm³/mol. The van der Waals surface area contributed by atoms with Crippen molar-refractivity contribution in [2.75, 3.05) is 19.7 Å². The lowest BCUT2D eigenvalue weighted by Gasteiger charge is -2.49. The zero-order valence-electron chi connectivity index (χ0n) is 20.0. The van der Waals surface area contributed by atoms with Crippen LogP contribution in [0.3, 0.4) is 0 Å². The van der Waals surface area contributed by atoms with E-state index in [1.165, 1.54) is 0 Å². The minimum Gasteiger partial charge on any atom is -0.376 e. The molecule has 0 amide bonds. The second-order valence-electron chi connectivity index (χ2n) is 9.03. The van der Waals surface area contributed by atoms with Crippen LogP contribution >= 0.6 is 0 Å². The van der Waals surface area contributed by atoms with Crippen molar-refractivity contribution in [3.63, 3.8) is 0 Å². The lowest BCUT2D eigenvalue weighted by atomic mass is 9.74. The smallest absolute Gasteiger partial charge is 0.332 e. The maximum Gasteiger partial charge on any atom is 0.332 e. The van der Waals surface area contributed by atoms with Gasteiger partial charge in [-0.15, -0.1) is 0 Å². The fourth-order valence-corrected chi connectivity index (χ4v) is 5.23. The third kappa shape index (κ3) is 4.05. The van der Waals surface area contributed by atoms with E-state index in [1.54, 1.807) is 17.7 Å². The summed E-state index contributed by atoms with van der Waals surface area (Å²) >= 11 is 0. The molecule has 35 heavy (non-hydrogen) atoms. The van der Waals surface area contributed by atoms with E-state index in [-0.39, 0.29) is 11.7 Å². The average Bonchev–Trinajstić information content (AvgIpc) is 2.89. The van der Waals surface area contributed by atoms with E-state index in [4.69, 9.17) is 4.74 Å². The summed E-state index contributed by atoms with van der Waals surface area (Å²) in [6.45, 7) is 5.86. The van der Waals surface area contributed by atoms with Gasteiger partial charge < -0.3 is 4.74 Å². The number of nitrogens with zero attached hydrogens (tertiary/aromatic N) is 2. The van der Waals surface area contributed by atoms with Gasteiger partial charge in [-0.25, -0.2) is 4.79 Å². The molecule has 1 aliphatic rings. The molecule has 6 heteroatoms. The van der Waals surface area contributed by atoms with Crippen LogP contribution in [0, 0.1) is 6.92 Å². The molecule has 3 aromatic carbocycles. The molecule has 178 valence electrons. The molecular formula is C29H29N3O3. The highest BCUT2D eigenvalue weighted by Crippen LogP contribution is 2.45. The van der Waals surface area contributed by atoms with Crippen LogP contribution in [0.4, 0.5) is 0 Å². The zero-order chi connectivity index (χ0) is 24.4. The van der Waals surface area contributed by atoms with E-state index in [1.807, 2.05) is 30.3 Å². The molecule has 0 aliphatic carbocycles. The molecule has 1 aliphatic heterocycles. The minimum absolute atomic E-state index is 0.0563. The van der Waals surface area contributed by atoms with Gasteiger partial charge in [0.1, 0.15) is 0 Å². The Labute approximate surface area is 204 Å². The summed E-state index contributed by atoms with van der Waals surface area (Å²) in [5, 5.41) is 0. The van der Waals surface area contributed by atoms with Gasteiger partial charge in [0.2, 0.25) is 0 Å². The van der Waals surface area contributed by atoms with Gasteiger partial charge in [-0.1, -0.05) is 78.9 Å². The number of benzene rings is 3. The van der Waals surface area contributed by atoms with Crippen LogP contribution in [0.15, 0.2) is 101 Å². The molecule has 1 unspecified atom stereocenters. The fraction of sp³-hybridized carbons (Fsp3) is 0.241. The molecule has 6 nitrogen and oxygen atoms in total. The highest BCUT2D eigenvalue weighted by Gasteiger charge is 2.45. The number of aromatic nitrogens is 2. The number of aryl methyl sites for hydroxylation is 1. The molecule has 0 saturated carbocycles. The summed E-state index contributed by atoms with van der Waals surface area (Å²) in [5.41, 5.74) is 2.83. The number of H-pyrrole nitrogens is 1. The number of para-hydroxylation sites is 1. The summed E-state index contributed by atoms with van der Waals surface area (Å²) in [7, 11) is 0. The molecule has 1 fully saturated rings. The molecule has 0 radical (unpaired) electrons. The minimum atomic E-state index is -0.694. The Hall–Kier alpha value is -3.74. The standard InChI is InChI=1S/C29H29N3O3/c1-21-19-32(28(34)30-27(21)33)26-16-10-9-15-25(26)29(23-11-5-3-6-12-23,24-13-7-4-8-14-24)31-17-18-35-22(2)20-31/h3-16,19,22H,17-18,20H2,1-2H3,(H,30,33,34). The van der Waals surface area contributed by atoms with E-state index in [0.717, 1.165) is 35.5 Å². The van der Waals surface area contributed by atoms with Crippen LogP contribution in [-0.2, 0) is 10.3 Å². The SMILES string of the molecule is Cc1cn(-c2ccccc2C(c2ccccc2)(c2ccccc2)N2CCOC(C)C2)c(=O)[nH]c1=O. The molecule has 0 spiro atoms. The molecule has 1 saturated heterocycles. The largest absolute Gasteiger partial charge is 0.376 e. The van der Waals surface area contributed by atoms with Gasteiger partial charge >= 0.3 is 5.69 Å². The van der Waals surface area contributed by atoms with Gasteiger partial charge in [-0.2, -0.15) is 0 Å². The number of nitrogens with one attached hydrogen (secondary N) is 1. The van der Waals surface area contributed by atoms with Crippen molar-refractivity contribution >= 4 is 0 Å². The second-order valence-corrected chi connectivity index (χ2v) is 9.03. The first-order valence-electron chi connectivity index (χ1n) is 11.9. The van der Waals surface area contributed by atoms with Crippen LogP contribution in [0.2, 0.25) is 0 Å². The summed E-state index contributed by atoms with van der Waals surface area (Å²) in [4.78, 5) is 30.1. The Morgan fingerprint density at radius 1 is 0.886 bits per heavy atom. The normalized spacial score (nSPS) is 16.8. The Morgan fingerprint density at radius 3 is 2.11 bits per heavy atom. The second kappa shape index (κ2) is 9.49. The monoisotopic (exact) mass is 467 g/mol. The van der Waals surface area contributed by atoms with Crippen LogP contribution < -0.4 is 11.2 Å². The summed E-state index contributed by atoms with van der Waals surface area (Å²) in [5.74, 6) is 0. The Bertz CT molecular complexity index is 1390. The number of morpholine rings is 1. The number of hydrogen-bond donors (Lipinski definition) is 1. The number of hydrogen-bond acceptors (Lipinski definition) is 4. The molecule has 0 bridgehead atoms. The van der Waals surface area contributed by atoms with Crippen LogP contribution in [-0.4, -0.2) is 40.3 Å². The van der Waals surface area contributed by atoms with Crippen LogP contribution in [0.25, 0.3) is 5.69 Å². The van der Waals surface area contributed by atoms with Crippen molar-refractivity contribution in [3.8, 4) is 5.69 Å². The van der Waals surface area contributed by atoms with Gasteiger partial charge in [0, 0.05) is 30.4 Å². The summed E-state index contributed by atoms with van der Waals surface area (Å²) < 4.78 is 7.49. The van der Waals surface area contributed by atoms with E-state index in [2.05, 4.69) is 71.4 Å². The molecular weight excluding hydrogens is 438 g/mol. The highest BCUT2D eigenvalue weighted by atomic mass is 16.5. The van der Waals surface area contributed by atoms with Gasteiger partial charge in [-0.05, 0) is 31.0 Å². The van der Waals surface area contributed by atoms with Crippen molar-refractivity contribution in [2.45, 2.75) is 25.5 Å². The van der Waals surface area contributed by atoms with Crippen LogP contribution in [0.5, 0.6) is 0 Å². The van der Waals surface area contributed by atoms with Crippen molar-refractivity contribution in [2.24, 2.45) is 0 Å². The maximum atomic E-state index is 13.0. The first-order chi connectivity index (χ1) is 17.0. The number of ether oxygens (including phenoxy) is 1. The van der Waals surface area contributed by atoms with E-state index >= 15 is 0 Å². The van der Waals surface area contributed by atoms with Crippen molar-refractivity contribution in [1.29, 1.82) is 0 Å². The van der Waals surface area contributed by atoms with E-state index in [9.17, 15) is 9.59 Å². The van der Waals surface area contributed by atoms with Gasteiger partial charge in [0.15, 0.2) is 0 Å². The lowest BCUT2D eigenvalue weighted by Crippen LogP contribution is -2.55. The van der Waals surface area contributed by atoms with E-state index < -0.39 is 11.2 Å². The molecule has 1 aromatic heterocycles. The number of aromatic amines is 1. The highest BCUT2D eigenvalue weighted by molar-refractivity contribution is 5.57. The quantitative estimate of drug-likeness (QED) is 0.453. The Kier molecular flexibility index (Phi) is 6.24. The van der Waals surface area contributed by atoms with E-state index in [0.29, 0.717) is 12.2 Å². The van der Waals surface area contributed by atoms with Gasteiger partial charge in [0.25, 0.3) is 5.56 Å². The zero-order valence-corrected chi connectivity index (χ0v) is 20.0. The molecule has 4 aromatic rings. The number of rotatable bonds is 5. The van der Waals surface area contributed by atoms with Crippen LogP contribution in [0.1, 0.15) is 29.2 Å². The summed E-state index contributed by atoms with van der Waals surface area (Å²) in [6.07, 6.45) is 1.68. The van der Waals surface area contributed by atoms with Crippen molar-refractivity contribution in [1.82, 2.24) is 14.5 Å².